The molecule has 0 unspecified atom stereocenters. The fourth-order valence-electron chi connectivity index (χ4n) is 1.47. The summed E-state index contributed by atoms with van der Waals surface area (Å²) in [6.45, 7) is 1.47. The maximum atomic E-state index is 12.7. The van der Waals surface area contributed by atoms with Crippen LogP contribution < -0.4 is 10.5 Å². The molecule has 0 aliphatic carbocycles. The first-order chi connectivity index (χ1) is 8.56. The van der Waals surface area contributed by atoms with Crippen molar-refractivity contribution in [3.05, 3.63) is 53.8 Å². The number of rotatable bonds is 3. The van der Waals surface area contributed by atoms with Crippen molar-refractivity contribution in [2.24, 2.45) is 0 Å². The molecule has 3 nitrogen and oxygen atoms in total. The number of ketones is 1. The van der Waals surface area contributed by atoms with Crippen LogP contribution in [0.4, 0.5) is 10.1 Å². The van der Waals surface area contributed by atoms with Gasteiger partial charge < -0.3 is 10.5 Å². The lowest BCUT2D eigenvalue weighted by Gasteiger charge is -2.09. The lowest BCUT2D eigenvalue weighted by atomic mass is 10.1. The molecule has 0 aliphatic rings. The average Bonchev–Trinajstić information content (AvgIpc) is 2.34. The number of anilines is 1. The molecule has 2 rings (SSSR count). The van der Waals surface area contributed by atoms with Crippen LogP contribution in [0.5, 0.6) is 11.5 Å². The number of nitrogen functional groups attached to an aromatic ring is 1. The van der Waals surface area contributed by atoms with Crippen molar-refractivity contribution in [2.75, 3.05) is 5.73 Å². The molecule has 0 saturated heterocycles. The zero-order valence-corrected chi connectivity index (χ0v) is 9.81. The van der Waals surface area contributed by atoms with Crippen LogP contribution in [0.1, 0.15) is 17.3 Å². The summed E-state index contributed by atoms with van der Waals surface area (Å²) >= 11 is 0. The lowest BCUT2D eigenvalue weighted by molar-refractivity contribution is 0.101. The largest absolute Gasteiger partial charge is 0.455 e. The second kappa shape index (κ2) is 4.87. The Bertz CT molecular complexity index is 579. The normalized spacial score (nSPS) is 10.1. The number of nitrogens with two attached hydrogens (primary N) is 1. The number of carbonyl (C=O) groups is 1. The molecule has 0 aliphatic heterocycles. The van der Waals surface area contributed by atoms with Gasteiger partial charge >= 0.3 is 0 Å². The first-order valence-corrected chi connectivity index (χ1v) is 5.40. The van der Waals surface area contributed by atoms with Crippen LogP contribution in [0, 0.1) is 5.82 Å². The van der Waals surface area contributed by atoms with Crippen LogP contribution in [0.25, 0.3) is 0 Å². The zero-order valence-electron chi connectivity index (χ0n) is 9.81. The minimum atomic E-state index is -0.340. The second-order valence-electron chi connectivity index (χ2n) is 3.86. The Morgan fingerprint density at radius 2 is 1.83 bits per heavy atom. The molecule has 4 heteroatoms. The monoisotopic (exact) mass is 245 g/mol. The Morgan fingerprint density at radius 3 is 2.44 bits per heavy atom. The summed E-state index contributed by atoms with van der Waals surface area (Å²) in [6, 6.07) is 10.4. The third-order valence-electron chi connectivity index (χ3n) is 2.46. The van der Waals surface area contributed by atoms with Gasteiger partial charge in [-0.2, -0.15) is 0 Å². The predicted octanol–water partition coefficient (Wildman–Crippen LogP) is 3.40. The lowest BCUT2D eigenvalue weighted by Crippen LogP contribution is -1.97. The molecule has 92 valence electrons. The SMILES string of the molecule is CC(=O)c1ccc(N)c(Oc2ccc(F)cc2)c1. The van der Waals surface area contributed by atoms with E-state index >= 15 is 0 Å². The fourth-order valence-corrected chi connectivity index (χ4v) is 1.47. The van der Waals surface area contributed by atoms with E-state index < -0.39 is 0 Å². The summed E-state index contributed by atoms with van der Waals surface area (Å²) in [4.78, 5) is 11.3. The molecule has 0 spiro atoms. The average molecular weight is 245 g/mol. The van der Waals surface area contributed by atoms with Gasteiger partial charge in [-0.15, -0.1) is 0 Å². The Kier molecular flexibility index (Phi) is 3.28. The van der Waals surface area contributed by atoms with Gasteiger partial charge in [-0.3, -0.25) is 4.79 Å². The van der Waals surface area contributed by atoms with Crippen molar-refractivity contribution in [3.8, 4) is 11.5 Å². The van der Waals surface area contributed by atoms with Gasteiger partial charge in [-0.25, -0.2) is 4.39 Å². The quantitative estimate of drug-likeness (QED) is 0.666. The Hall–Kier alpha value is -2.36. The van der Waals surface area contributed by atoms with Crippen LogP contribution in [0.2, 0.25) is 0 Å². The van der Waals surface area contributed by atoms with Gasteiger partial charge in [0.1, 0.15) is 11.6 Å². The Morgan fingerprint density at radius 1 is 1.17 bits per heavy atom. The highest BCUT2D eigenvalue weighted by molar-refractivity contribution is 5.95. The summed E-state index contributed by atoms with van der Waals surface area (Å²) < 4.78 is 18.3. The topological polar surface area (TPSA) is 52.3 Å². The molecule has 18 heavy (non-hydrogen) atoms. The zero-order chi connectivity index (χ0) is 13.1. The van der Waals surface area contributed by atoms with E-state index in [1.807, 2.05) is 0 Å². The van der Waals surface area contributed by atoms with Crippen LogP contribution in [-0.2, 0) is 0 Å². The van der Waals surface area contributed by atoms with E-state index in [2.05, 4.69) is 0 Å². The smallest absolute Gasteiger partial charge is 0.159 e. The highest BCUT2D eigenvalue weighted by atomic mass is 19.1. The molecule has 0 amide bonds. The summed E-state index contributed by atoms with van der Waals surface area (Å²) in [5, 5.41) is 0. The number of hydrogen-bond donors (Lipinski definition) is 1. The molecule has 2 N–H and O–H groups in total. The van der Waals surface area contributed by atoms with Crippen molar-refractivity contribution in [3.63, 3.8) is 0 Å². The second-order valence-corrected chi connectivity index (χ2v) is 3.86. The molecule has 0 radical (unpaired) electrons. The number of ether oxygens (including phenoxy) is 1. The number of carbonyl (C=O) groups excluding carboxylic acids is 1. The van der Waals surface area contributed by atoms with Gasteiger partial charge in [-0.1, -0.05) is 0 Å². The van der Waals surface area contributed by atoms with E-state index in [4.69, 9.17) is 10.5 Å². The van der Waals surface area contributed by atoms with Crippen LogP contribution >= 0.6 is 0 Å². The van der Waals surface area contributed by atoms with Crippen LogP contribution in [-0.4, -0.2) is 5.78 Å². The number of Topliss-reactive ketones (excluding diaryl/α,β-unsaturated/α-hetero) is 1. The van der Waals surface area contributed by atoms with Crippen molar-refractivity contribution in [1.29, 1.82) is 0 Å². The molecule has 0 aromatic heterocycles. The van der Waals surface area contributed by atoms with Crippen LogP contribution in [0.3, 0.4) is 0 Å². The Labute approximate surface area is 104 Å². The minimum absolute atomic E-state index is 0.0704. The highest BCUT2D eigenvalue weighted by Gasteiger charge is 2.06. The van der Waals surface area contributed by atoms with Crippen molar-refractivity contribution >= 4 is 11.5 Å². The third kappa shape index (κ3) is 2.66. The molecule has 0 bridgehead atoms. The summed E-state index contributed by atoms with van der Waals surface area (Å²) in [7, 11) is 0. The molecule has 0 heterocycles. The van der Waals surface area contributed by atoms with E-state index in [-0.39, 0.29) is 11.6 Å². The van der Waals surface area contributed by atoms with Crippen molar-refractivity contribution in [1.82, 2.24) is 0 Å². The first kappa shape index (κ1) is 12.1. The van der Waals surface area contributed by atoms with E-state index in [0.29, 0.717) is 22.7 Å². The highest BCUT2D eigenvalue weighted by Crippen LogP contribution is 2.28. The summed E-state index contributed by atoms with van der Waals surface area (Å²) in [5.41, 5.74) is 6.69. The molecule has 0 atom stereocenters. The molecular formula is C14H12FNO2. The molecule has 0 saturated carbocycles. The standard InChI is InChI=1S/C14H12FNO2/c1-9(17)10-2-7-13(16)14(8-10)18-12-5-3-11(15)4-6-12/h2-8H,16H2,1H3. The van der Waals surface area contributed by atoms with Gasteiger partial charge in [0.25, 0.3) is 0 Å². The predicted molar refractivity (Wildman–Crippen MR) is 67.3 cm³/mol. The third-order valence-corrected chi connectivity index (χ3v) is 2.46. The van der Waals surface area contributed by atoms with Gasteiger partial charge in [-0.05, 0) is 49.4 Å². The van der Waals surface area contributed by atoms with Gasteiger partial charge in [0, 0.05) is 5.56 Å². The molecule has 2 aromatic rings. The summed E-state index contributed by atoms with van der Waals surface area (Å²) in [6.07, 6.45) is 0. The van der Waals surface area contributed by atoms with Crippen molar-refractivity contribution < 1.29 is 13.9 Å². The molecular weight excluding hydrogens is 233 g/mol. The van der Waals surface area contributed by atoms with Gasteiger partial charge in [0.05, 0.1) is 5.69 Å². The van der Waals surface area contributed by atoms with E-state index in [1.54, 1.807) is 18.2 Å². The van der Waals surface area contributed by atoms with Crippen LogP contribution in [0.15, 0.2) is 42.5 Å². The molecule has 0 fully saturated rings. The maximum absolute atomic E-state index is 12.7. The Balaban J connectivity index is 2.30. The van der Waals surface area contributed by atoms with E-state index in [9.17, 15) is 9.18 Å². The minimum Gasteiger partial charge on any atom is -0.455 e. The first-order valence-electron chi connectivity index (χ1n) is 5.40. The van der Waals surface area contributed by atoms with E-state index in [0.717, 1.165) is 0 Å². The van der Waals surface area contributed by atoms with Gasteiger partial charge in [0.15, 0.2) is 11.5 Å². The number of halogens is 1. The summed E-state index contributed by atoms with van der Waals surface area (Å²) in [5.74, 6) is 0.435. The number of hydrogen-bond acceptors (Lipinski definition) is 3. The number of benzene rings is 2. The fraction of sp³-hybridized carbons (Fsp3) is 0.0714. The maximum Gasteiger partial charge on any atom is 0.159 e. The van der Waals surface area contributed by atoms with Crippen molar-refractivity contribution in [2.45, 2.75) is 6.92 Å². The van der Waals surface area contributed by atoms with E-state index in [1.165, 1.54) is 31.2 Å². The van der Waals surface area contributed by atoms with Gasteiger partial charge in [0.2, 0.25) is 0 Å². The molecule has 2 aromatic carbocycles.